The molecule has 136 valence electrons. The van der Waals surface area contributed by atoms with E-state index in [1.807, 2.05) is 18.2 Å². The van der Waals surface area contributed by atoms with Crippen LogP contribution in [-0.4, -0.2) is 33.3 Å². The summed E-state index contributed by atoms with van der Waals surface area (Å²) in [6.45, 7) is 11.0. The molecule has 0 saturated carbocycles. The summed E-state index contributed by atoms with van der Waals surface area (Å²) in [6, 6.07) is 0. The van der Waals surface area contributed by atoms with Gasteiger partial charge in [-0.05, 0) is 49.0 Å². The summed E-state index contributed by atoms with van der Waals surface area (Å²) in [5.74, 6) is 0.0145. The molecule has 0 aliphatic heterocycles. The number of rotatable bonds is 8. The highest BCUT2D eigenvalue weighted by atomic mass is 28.4. The zero-order chi connectivity index (χ0) is 18.4. The van der Waals surface area contributed by atoms with Crippen molar-refractivity contribution in [2.24, 2.45) is 0 Å². The first-order valence-electron chi connectivity index (χ1n) is 8.70. The molecule has 1 unspecified atom stereocenters. The van der Waals surface area contributed by atoms with Crippen molar-refractivity contribution in [3.8, 4) is 0 Å². The SMILES string of the molecule is COC(=O)CCC/C=C\CC1=CC(O[Si](C)(C)C(C)(C)C)CC1=O. The molecular formula is C19H32O4Si. The van der Waals surface area contributed by atoms with Crippen LogP contribution in [0.4, 0.5) is 0 Å². The minimum atomic E-state index is -1.85. The van der Waals surface area contributed by atoms with Gasteiger partial charge in [-0.2, -0.15) is 0 Å². The smallest absolute Gasteiger partial charge is 0.305 e. The van der Waals surface area contributed by atoms with Crippen molar-refractivity contribution >= 4 is 20.1 Å². The number of methoxy groups -OCH3 is 1. The second-order valence-electron chi connectivity index (χ2n) is 7.88. The van der Waals surface area contributed by atoms with Crippen LogP contribution in [0.2, 0.25) is 18.1 Å². The average molecular weight is 353 g/mol. The number of unbranched alkanes of at least 4 members (excludes halogenated alkanes) is 1. The first-order valence-corrected chi connectivity index (χ1v) is 11.6. The third kappa shape index (κ3) is 6.36. The zero-order valence-electron chi connectivity index (χ0n) is 16.0. The Hall–Kier alpha value is -1.20. The summed E-state index contributed by atoms with van der Waals surface area (Å²) in [6.07, 6.45) is 9.11. The lowest BCUT2D eigenvalue weighted by Gasteiger charge is -2.37. The monoisotopic (exact) mass is 352 g/mol. The predicted molar refractivity (Wildman–Crippen MR) is 99.4 cm³/mol. The first-order chi connectivity index (χ1) is 11.1. The fourth-order valence-electron chi connectivity index (χ4n) is 2.30. The molecule has 0 fully saturated rings. The Balaban J connectivity index is 2.46. The Labute approximate surface area is 147 Å². The fourth-order valence-corrected chi connectivity index (χ4v) is 3.56. The van der Waals surface area contributed by atoms with E-state index >= 15 is 0 Å². The quantitative estimate of drug-likeness (QED) is 0.278. The van der Waals surface area contributed by atoms with Crippen LogP contribution < -0.4 is 0 Å². The maximum absolute atomic E-state index is 12.1. The molecular weight excluding hydrogens is 320 g/mol. The number of hydrogen-bond donors (Lipinski definition) is 0. The normalized spacial score (nSPS) is 19.0. The molecule has 0 N–H and O–H groups in total. The van der Waals surface area contributed by atoms with E-state index in [9.17, 15) is 9.59 Å². The van der Waals surface area contributed by atoms with E-state index in [0.717, 1.165) is 18.4 Å². The number of hydrogen-bond acceptors (Lipinski definition) is 4. The molecule has 1 aliphatic rings. The topological polar surface area (TPSA) is 52.6 Å². The van der Waals surface area contributed by atoms with Crippen molar-refractivity contribution in [3.05, 3.63) is 23.8 Å². The van der Waals surface area contributed by atoms with Gasteiger partial charge in [0.15, 0.2) is 14.1 Å². The van der Waals surface area contributed by atoms with Gasteiger partial charge in [-0.25, -0.2) is 0 Å². The van der Waals surface area contributed by atoms with Gasteiger partial charge >= 0.3 is 5.97 Å². The lowest BCUT2D eigenvalue weighted by molar-refractivity contribution is -0.140. The standard InChI is InChI=1S/C19H32O4Si/c1-19(2,3)24(5,6)23-16-13-15(17(20)14-16)11-9-7-8-10-12-18(21)22-4/h7,9,13,16H,8,10-12,14H2,1-6H3/b9-7-. The predicted octanol–water partition coefficient (Wildman–Crippen LogP) is 4.57. The van der Waals surface area contributed by atoms with E-state index in [1.54, 1.807) is 0 Å². The Morgan fingerprint density at radius 1 is 1.33 bits per heavy atom. The minimum absolute atomic E-state index is 0.0684. The molecule has 1 rings (SSSR count). The van der Waals surface area contributed by atoms with Gasteiger partial charge in [0.1, 0.15) is 0 Å². The Kier molecular flexibility index (Phi) is 7.61. The summed E-state index contributed by atoms with van der Waals surface area (Å²) in [5.41, 5.74) is 0.850. The molecule has 0 saturated heterocycles. The number of allylic oxidation sites excluding steroid dienone is 3. The first kappa shape index (κ1) is 20.8. The Morgan fingerprint density at radius 2 is 2.00 bits per heavy atom. The van der Waals surface area contributed by atoms with Gasteiger partial charge in [-0.3, -0.25) is 9.59 Å². The van der Waals surface area contributed by atoms with Gasteiger partial charge < -0.3 is 9.16 Å². The van der Waals surface area contributed by atoms with E-state index in [2.05, 4.69) is 38.6 Å². The lowest BCUT2D eigenvalue weighted by Crippen LogP contribution is -2.43. The van der Waals surface area contributed by atoms with Crippen LogP contribution in [0.3, 0.4) is 0 Å². The number of Topliss-reactive ketones (excluding diaryl/α,β-unsaturated/α-hetero) is 1. The van der Waals surface area contributed by atoms with Gasteiger partial charge in [0, 0.05) is 12.8 Å². The molecule has 0 aromatic rings. The summed E-state index contributed by atoms with van der Waals surface area (Å²) >= 11 is 0. The Morgan fingerprint density at radius 3 is 2.58 bits per heavy atom. The zero-order valence-corrected chi connectivity index (χ0v) is 17.0. The van der Waals surface area contributed by atoms with Crippen molar-refractivity contribution in [1.29, 1.82) is 0 Å². The largest absolute Gasteiger partial charge is 0.469 e. The van der Waals surface area contributed by atoms with Crippen LogP contribution in [0.15, 0.2) is 23.8 Å². The van der Waals surface area contributed by atoms with Gasteiger partial charge in [0.05, 0.1) is 13.2 Å². The third-order valence-electron chi connectivity index (χ3n) is 4.87. The molecule has 0 spiro atoms. The van der Waals surface area contributed by atoms with Crippen molar-refractivity contribution in [2.75, 3.05) is 7.11 Å². The van der Waals surface area contributed by atoms with Crippen molar-refractivity contribution in [3.63, 3.8) is 0 Å². The van der Waals surface area contributed by atoms with Gasteiger partial charge in [0.2, 0.25) is 0 Å². The molecule has 0 amide bonds. The average Bonchev–Trinajstić information content (AvgIpc) is 2.80. The second-order valence-corrected chi connectivity index (χ2v) is 12.6. The lowest BCUT2D eigenvalue weighted by atomic mass is 10.1. The molecule has 0 aromatic heterocycles. The molecule has 0 radical (unpaired) electrons. The summed E-state index contributed by atoms with van der Waals surface area (Å²) in [4.78, 5) is 23.1. The van der Waals surface area contributed by atoms with Crippen LogP contribution in [0, 0.1) is 0 Å². The highest BCUT2D eigenvalue weighted by molar-refractivity contribution is 6.74. The fraction of sp³-hybridized carbons (Fsp3) is 0.684. The van der Waals surface area contributed by atoms with Crippen molar-refractivity contribution < 1.29 is 18.8 Å². The summed E-state index contributed by atoms with van der Waals surface area (Å²) in [7, 11) is -0.450. The van der Waals surface area contributed by atoms with Gasteiger partial charge in [-0.1, -0.05) is 32.9 Å². The number of carbonyl (C=O) groups excluding carboxylic acids is 2. The number of esters is 1. The van der Waals surface area contributed by atoms with Gasteiger partial charge in [0.25, 0.3) is 0 Å². The van der Waals surface area contributed by atoms with E-state index in [4.69, 9.17) is 4.43 Å². The van der Waals surface area contributed by atoms with Crippen molar-refractivity contribution in [1.82, 2.24) is 0 Å². The van der Waals surface area contributed by atoms with Crippen LogP contribution in [-0.2, 0) is 18.8 Å². The van der Waals surface area contributed by atoms with Crippen LogP contribution in [0.1, 0.15) is 52.9 Å². The maximum atomic E-state index is 12.1. The molecule has 0 bridgehead atoms. The highest BCUT2D eigenvalue weighted by Gasteiger charge is 2.40. The minimum Gasteiger partial charge on any atom is -0.469 e. The van der Waals surface area contributed by atoms with E-state index in [0.29, 0.717) is 19.3 Å². The second kappa shape index (κ2) is 8.76. The maximum Gasteiger partial charge on any atom is 0.305 e. The molecule has 1 aliphatic carbocycles. The molecule has 5 heteroatoms. The number of ketones is 1. The molecule has 4 nitrogen and oxygen atoms in total. The van der Waals surface area contributed by atoms with Crippen LogP contribution in [0.25, 0.3) is 0 Å². The van der Waals surface area contributed by atoms with E-state index in [-0.39, 0.29) is 22.9 Å². The van der Waals surface area contributed by atoms with Crippen molar-refractivity contribution in [2.45, 2.75) is 77.1 Å². The van der Waals surface area contributed by atoms with Crippen LogP contribution in [0.5, 0.6) is 0 Å². The third-order valence-corrected chi connectivity index (χ3v) is 9.37. The number of ether oxygens (including phenoxy) is 1. The number of carbonyl (C=O) groups is 2. The van der Waals surface area contributed by atoms with E-state index < -0.39 is 8.32 Å². The van der Waals surface area contributed by atoms with E-state index in [1.165, 1.54) is 7.11 Å². The molecule has 0 aromatic carbocycles. The van der Waals surface area contributed by atoms with Crippen LogP contribution >= 0.6 is 0 Å². The molecule has 24 heavy (non-hydrogen) atoms. The molecule has 1 atom stereocenters. The van der Waals surface area contributed by atoms with Gasteiger partial charge in [-0.15, -0.1) is 0 Å². The highest BCUT2D eigenvalue weighted by Crippen LogP contribution is 2.38. The summed E-state index contributed by atoms with van der Waals surface area (Å²) < 4.78 is 10.9. The summed E-state index contributed by atoms with van der Waals surface area (Å²) in [5, 5.41) is 0.145. The Bertz CT molecular complexity index is 512. The molecule has 0 heterocycles.